The van der Waals surface area contributed by atoms with E-state index in [1.807, 2.05) is 24.3 Å². The van der Waals surface area contributed by atoms with Crippen LogP contribution in [0.4, 0.5) is 17.1 Å². The molecule has 0 aliphatic heterocycles. The highest BCUT2D eigenvalue weighted by Gasteiger charge is 2.11. The molecule has 2 N–H and O–H groups in total. The number of non-ortho nitro benzene ring substituents is 1. The average Bonchev–Trinajstić information content (AvgIpc) is 2.79. The summed E-state index contributed by atoms with van der Waals surface area (Å²) in [6.45, 7) is 0. The maximum Gasteiger partial charge on any atom is 0.269 e. The molecule has 5 aromatic rings. The molecule has 0 atom stereocenters. The molecule has 0 saturated heterocycles. The van der Waals surface area contributed by atoms with Crippen molar-refractivity contribution in [3.8, 4) is 0 Å². The Bertz CT molecular complexity index is 1480. The van der Waals surface area contributed by atoms with Crippen molar-refractivity contribution in [2.24, 2.45) is 0 Å². The number of nitro groups is 1. The molecule has 5 nitrogen and oxygen atoms in total. The number of anilines is 2. The van der Waals surface area contributed by atoms with Crippen LogP contribution in [0.3, 0.4) is 0 Å². The number of benzene rings is 5. The van der Waals surface area contributed by atoms with Crippen LogP contribution in [-0.2, 0) is 0 Å². The van der Waals surface area contributed by atoms with E-state index < -0.39 is 4.92 Å². The largest absolute Gasteiger partial charge is 0.332 e. The highest BCUT2D eigenvalue weighted by molar-refractivity contribution is 7.80. The highest BCUT2D eigenvalue weighted by Crippen LogP contribution is 2.36. The SMILES string of the molecule is O=[N+]([O-])c1ccc(NC(=S)Nc2cc3c4ccccc4ccc3c3ccccc23)cc1. The van der Waals surface area contributed by atoms with Crippen LogP contribution in [0.5, 0.6) is 0 Å². The Morgan fingerprint density at radius 1 is 0.710 bits per heavy atom. The second-order valence-corrected chi connectivity index (χ2v) is 7.64. The third-order valence-electron chi connectivity index (χ3n) is 5.35. The van der Waals surface area contributed by atoms with E-state index in [2.05, 4.69) is 53.1 Å². The molecular formula is C25H17N3O2S. The van der Waals surface area contributed by atoms with Crippen LogP contribution in [0, 0.1) is 10.1 Å². The summed E-state index contributed by atoms with van der Waals surface area (Å²) in [5.74, 6) is 0. The molecule has 0 fully saturated rings. The van der Waals surface area contributed by atoms with E-state index in [4.69, 9.17) is 12.2 Å². The second-order valence-electron chi connectivity index (χ2n) is 7.23. The minimum Gasteiger partial charge on any atom is -0.332 e. The summed E-state index contributed by atoms with van der Waals surface area (Å²) in [5, 5.41) is 24.6. The molecule has 6 heteroatoms. The van der Waals surface area contributed by atoms with E-state index in [-0.39, 0.29) is 5.69 Å². The lowest BCUT2D eigenvalue weighted by molar-refractivity contribution is -0.384. The van der Waals surface area contributed by atoms with Crippen LogP contribution < -0.4 is 10.6 Å². The third-order valence-corrected chi connectivity index (χ3v) is 5.56. The van der Waals surface area contributed by atoms with E-state index >= 15 is 0 Å². The van der Waals surface area contributed by atoms with Gasteiger partial charge in [-0.1, -0.05) is 60.7 Å². The van der Waals surface area contributed by atoms with Crippen LogP contribution in [0.15, 0.2) is 91.0 Å². The Hall–Kier alpha value is -4.03. The zero-order chi connectivity index (χ0) is 21.4. The van der Waals surface area contributed by atoms with Crippen molar-refractivity contribution in [2.75, 3.05) is 10.6 Å². The Morgan fingerprint density at radius 2 is 1.35 bits per heavy atom. The van der Waals surface area contributed by atoms with Gasteiger partial charge in [0.2, 0.25) is 0 Å². The van der Waals surface area contributed by atoms with Gasteiger partial charge in [-0.15, -0.1) is 0 Å². The van der Waals surface area contributed by atoms with Gasteiger partial charge in [0.25, 0.3) is 5.69 Å². The van der Waals surface area contributed by atoms with Crippen LogP contribution in [0.25, 0.3) is 32.3 Å². The van der Waals surface area contributed by atoms with E-state index in [9.17, 15) is 10.1 Å². The van der Waals surface area contributed by atoms with E-state index in [0.717, 1.165) is 21.8 Å². The number of rotatable bonds is 3. The number of nitrogens with zero attached hydrogens (tertiary/aromatic N) is 1. The van der Waals surface area contributed by atoms with Gasteiger partial charge in [-0.3, -0.25) is 10.1 Å². The first-order chi connectivity index (χ1) is 15.1. The first-order valence-electron chi connectivity index (χ1n) is 9.76. The van der Waals surface area contributed by atoms with Gasteiger partial charge >= 0.3 is 0 Å². The maximum atomic E-state index is 10.8. The Labute approximate surface area is 183 Å². The normalized spacial score (nSPS) is 11.0. The smallest absolute Gasteiger partial charge is 0.269 e. The molecule has 0 amide bonds. The quantitative estimate of drug-likeness (QED) is 0.144. The van der Waals surface area contributed by atoms with Crippen molar-refractivity contribution < 1.29 is 4.92 Å². The molecule has 31 heavy (non-hydrogen) atoms. The number of hydrogen-bond donors (Lipinski definition) is 2. The maximum absolute atomic E-state index is 10.8. The number of hydrogen-bond acceptors (Lipinski definition) is 3. The van der Waals surface area contributed by atoms with E-state index in [1.165, 1.54) is 28.3 Å². The van der Waals surface area contributed by atoms with Gasteiger partial charge in [0.15, 0.2) is 5.11 Å². The monoisotopic (exact) mass is 423 g/mol. The van der Waals surface area contributed by atoms with Gasteiger partial charge in [0, 0.05) is 28.9 Å². The molecule has 0 saturated carbocycles. The lowest BCUT2D eigenvalue weighted by atomic mass is 9.96. The lowest BCUT2D eigenvalue weighted by Crippen LogP contribution is -2.19. The Balaban J connectivity index is 1.55. The molecular weight excluding hydrogens is 406 g/mol. The van der Waals surface area contributed by atoms with Crippen molar-refractivity contribution in [2.45, 2.75) is 0 Å². The predicted octanol–water partition coefficient (Wildman–Crippen LogP) is 6.86. The van der Waals surface area contributed by atoms with E-state index in [1.54, 1.807) is 12.1 Å². The van der Waals surface area contributed by atoms with Gasteiger partial charge in [-0.25, -0.2) is 0 Å². The summed E-state index contributed by atoms with van der Waals surface area (Å²) in [6.07, 6.45) is 0. The molecule has 0 aliphatic rings. The number of nitro benzene ring substituents is 1. The number of fused-ring (bicyclic) bond motifs is 5. The van der Waals surface area contributed by atoms with Crippen LogP contribution in [0.2, 0.25) is 0 Å². The number of thiocarbonyl (C=S) groups is 1. The fourth-order valence-electron chi connectivity index (χ4n) is 3.92. The Morgan fingerprint density at radius 3 is 2.10 bits per heavy atom. The highest BCUT2D eigenvalue weighted by atomic mass is 32.1. The minimum absolute atomic E-state index is 0.0387. The number of nitrogens with one attached hydrogen (secondary N) is 2. The summed E-state index contributed by atoms with van der Waals surface area (Å²) in [6, 6.07) is 29.2. The molecule has 0 unspecified atom stereocenters. The van der Waals surface area contributed by atoms with Crippen molar-refractivity contribution in [3.05, 3.63) is 101 Å². The summed E-state index contributed by atoms with van der Waals surface area (Å²) >= 11 is 5.53. The standard InChI is InChI=1S/C25H17N3O2S/c29-28(30)18-12-10-17(11-13-18)26-25(31)27-24-15-23-19-6-2-1-5-16(19)9-14-21(23)20-7-3-4-8-22(20)24/h1-15H,(H2,26,27,31). The van der Waals surface area contributed by atoms with Crippen LogP contribution in [0.1, 0.15) is 0 Å². The van der Waals surface area contributed by atoms with Gasteiger partial charge in [0.1, 0.15) is 0 Å². The van der Waals surface area contributed by atoms with Gasteiger partial charge in [0.05, 0.1) is 4.92 Å². The summed E-state index contributed by atoms with van der Waals surface area (Å²) in [4.78, 5) is 10.4. The van der Waals surface area contributed by atoms with Crippen molar-refractivity contribution >= 4 is 66.7 Å². The first-order valence-corrected chi connectivity index (χ1v) is 10.2. The zero-order valence-corrected chi connectivity index (χ0v) is 17.1. The summed E-state index contributed by atoms with van der Waals surface area (Å²) < 4.78 is 0. The summed E-state index contributed by atoms with van der Waals surface area (Å²) in [5.41, 5.74) is 1.62. The van der Waals surface area contributed by atoms with Gasteiger partial charge in [-0.05, 0) is 57.3 Å². The molecule has 5 aromatic carbocycles. The average molecular weight is 423 g/mol. The molecule has 0 radical (unpaired) electrons. The van der Waals surface area contributed by atoms with Crippen molar-refractivity contribution in [1.82, 2.24) is 0 Å². The molecule has 0 heterocycles. The fraction of sp³-hybridized carbons (Fsp3) is 0. The van der Waals surface area contributed by atoms with Crippen molar-refractivity contribution in [3.63, 3.8) is 0 Å². The fourth-order valence-corrected chi connectivity index (χ4v) is 4.14. The van der Waals surface area contributed by atoms with Gasteiger partial charge in [-0.2, -0.15) is 0 Å². The lowest BCUT2D eigenvalue weighted by Gasteiger charge is -2.15. The molecule has 150 valence electrons. The van der Waals surface area contributed by atoms with Crippen molar-refractivity contribution in [1.29, 1.82) is 0 Å². The second kappa shape index (κ2) is 7.66. The van der Waals surface area contributed by atoms with E-state index in [0.29, 0.717) is 10.8 Å². The molecule has 5 rings (SSSR count). The Kier molecular flexibility index (Phi) is 4.69. The summed E-state index contributed by atoms with van der Waals surface area (Å²) in [7, 11) is 0. The molecule has 0 bridgehead atoms. The first kappa shape index (κ1) is 19.0. The molecule has 0 spiro atoms. The van der Waals surface area contributed by atoms with Gasteiger partial charge < -0.3 is 10.6 Å². The van der Waals surface area contributed by atoms with Crippen LogP contribution in [-0.4, -0.2) is 10.0 Å². The minimum atomic E-state index is -0.425. The topological polar surface area (TPSA) is 67.2 Å². The third kappa shape index (κ3) is 3.53. The van der Waals surface area contributed by atoms with Crippen LogP contribution >= 0.6 is 12.2 Å². The molecule has 0 aliphatic carbocycles. The zero-order valence-electron chi connectivity index (χ0n) is 16.3. The molecule has 0 aromatic heterocycles. The predicted molar refractivity (Wildman–Crippen MR) is 132 cm³/mol.